The van der Waals surface area contributed by atoms with Gasteiger partial charge in [-0.15, -0.1) is 0 Å². The Morgan fingerprint density at radius 1 is 1.70 bits per heavy atom. The molecule has 0 aromatic heterocycles. The summed E-state index contributed by atoms with van der Waals surface area (Å²) in [7, 11) is 1.59. The molecule has 10 heavy (non-hydrogen) atoms. The molecule has 60 valence electrons. The Bertz CT molecular complexity index is 99.8. The van der Waals surface area contributed by atoms with Crippen LogP contribution >= 0.6 is 0 Å². The maximum Gasteiger partial charge on any atom is 0.317 e. The van der Waals surface area contributed by atoms with E-state index in [-0.39, 0.29) is 6.54 Å². The summed E-state index contributed by atoms with van der Waals surface area (Å²) >= 11 is 0. The average molecular weight is 145 g/mol. The number of hydrogen-bond acceptors (Lipinski definition) is 2. The van der Waals surface area contributed by atoms with Gasteiger partial charge in [-0.25, -0.2) is 0 Å². The second kappa shape index (κ2) is 5.23. The molecule has 0 bridgehead atoms. The number of aliphatic carboxylic acids is 1. The molecule has 0 amide bonds. The van der Waals surface area contributed by atoms with E-state index in [9.17, 15) is 4.79 Å². The maximum absolute atomic E-state index is 9.54. The van der Waals surface area contributed by atoms with Crippen molar-refractivity contribution < 1.29 is 9.90 Å². The quantitative estimate of drug-likeness (QED) is 0.601. The molecule has 1 fully saturated rings. The fourth-order valence-corrected chi connectivity index (χ4v) is 0.318. The molecule has 1 rings (SSSR count). The zero-order chi connectivity index (χ0) is 7.98. The van der Waals surface area contributed by atoms with Gasteiger partial charge in [0.1, 0.15) is 0 Å². The highest BCUT2D eigenvalue weighted by Gasteiger charge is 2.12. The summed E-state index contributed by atoms with van der Waals surface area (Å²) < 4.78 is 0. The Balaban J connectivity index is 0.000000172. The second-order valence-electron chi connectivity index (χ2n) is 2.61. The van der Waals surface area contributed by atoms with Crippen molar-refractivity contribution in [3.05, 3.63) is 0 Å². The fraction of sp³-hybridized carbons (Fsp3) is 0.857. The van der Waals surface area contributed by atoms with Gasteiger partial charge in [0.2, 0.25) is 0 Å². The van der Waals surface area contributed by atoms with Crippen molar-refractivity contribution in [1.82, 2.24) is 5.32 Å². The molecule has 0 heterocycles. The minimum Gasteiger partial charge on any atom is -0.480 e. The number of hydrogen-bond donors (Lipinski definition) is 2. The minimum absolute atomic E-state index is 0.0417. The van der Waals surface area contributed by atoms with E-state index in [1.54, 1.807) is 7.05 Å². The number of rotatable bonds is 2. The van der Waals surface area contributed by atoms with Crippen molar-refractivity contribution >= 4 is 5.97 Å². The van der Waals surface area contributed by atoms with E-state index in [1.165, 1.54) is 12.8 Å². The SMILES string of the molecule is CC1CC1.CNCC(=O)O. The van der Waals surface area contributed by atoms with Crippen LogP contribution in [0.1, 0.15) is 19.8 Å². The van der Waals surface area contributed by atoms with E-state index in [1.807, 2.05) is 0 Å². The van der Waals surface area contributed by atoms with E-state index >= 15 is 0 Å². The van der Waals surface area contributed by atoms with Crippen LogP contribution in [-0.2, 0) is 4.79 Å². The summed E-state index contributed by atoms with van der Waals surface area (Å²) in [5.41, 5.74) is 0. The molecule has 1 aliphatic carbocycles. The van der Waals surface area contributed by atoms with Crippen LogP contribution in [0.4, 0.5) is 0 Å². The van der Waals surface area contributed by atoms with Crippen molar-refractivity contribution in [3.63, 3.8) is 0 Å². The van der Waals surface area contributed by atoms with E-state index in [4.69, 9.17) is 5.11 Å². The Hall–Kier alpha value is -0.570. The monoisotopic (exact) mass is 145 g/mol. The first-order valence-electron chi connectivity index (χ1n) is 3.53. The van der Waals surface area contributed by atoms with Gasteiger partial charge in [-0.3, -0.25) is 4.79 Å². The largest absolute Gasteiger partial charge is 0.480 e. The van der Waals surface area contributed by atoms with Gasteiger partial charge >= 0.3 is 5.97 Å². The van der Waals surface area contributed by atoms with Crippen LogP contribution in [0.25, 0.3) is 0 Å². The Labute approximate surface area is 61.4 Å². The van der Waals surface area contributed by atoms with Crippen molar-refractivity contribution in [3.8, 4) is 0 Å². The molecule has 0 radical (unpaired) electrons. The summed E-state index contributed by atoms with van der Waals surface area (Å²) in [5.74, 6) is 0.262. The first-order valence-corrected chi connectivity index (χ1v) is 3.53. The zero-order valence-electron chi connectivity index (χ0n) is 6.55. The van der Waals surface area contributed by atoms with Gasteiger partial charge in [0.05, 0.1) is 6.54 Å². The van der Waals surface area contributed by atoms with E-state index in [0.717, 1.165) is 5.92 Å². The highest BCUT2D eigenvalue weighted by Crippen LogP contribution is 2.26. The standard InChI is InChI=1S/C4H8.C3H7NO2/c1-4-2-3-4;1-4-2-3(5)6/h4H,2-3H2,1H3;4H,2H2,1H3,(H,5,6). The third kappa shape index (κ3) is 10.4. The second-order valence-corrected chi connectivity index (χ2v) is 2.61. The Morgan fingerprint density at radius 2 is 2.10 bits per heavy atom. The molecule has 2 N–H and O–H groups in total. The predicted octanol–water partition coefficient (Wildman–Crippen LogP) is 0.707. The summed E-state index contributed by atoms with van der Waals surface area (Å²) in [6.45, 7) is 2.32. The van der Waals surface area contributed by atoms with Crippen molar-refractivity contribution in [2.24, 2.45) is 5.92 Å². The molecular weight excluding hydrogens is 130 g/mol. The lowest BCUT2D eigenvalue weighted by Gasteiger charge is -1.84. The first kappa shape index (κ1) is 9.43. The van der Waals surface area contributed by atoms with Crippen LogP contribution in [-0.4, -0.2) is 24.7 Å². The highest BCUT2D eigenvalue weighted by molar-refractivity contribution is 5.68. The number of carbonyl (C=O) groups is 1. The molecule has 0 unspecified atom stereocenters. The van der Waals surface area contributed by atoms with Crippen LogP contribution in [0.15, 0.2) is 0 Å². The lowest BCUT2D eigenvalue weighted by atomic mass is 10.5. The van der Waals surface area contributed by atoms with Gasteiger partial charge in [0, 0.05) is 0 Å². The molecule has 0 saturated heterocycles. The van der Waals surface area contributed by atoms with Gasteiger partial charge in [0.25, 0.3) is 0 Å². The molecule has 3 nitrogen and oxygen atoms in total. The number of likely N-dealkylation sites (N-methyl/N-ethyl adjacent to an activating group) is 1. The maximum atomic E-state index is 9.54. The van der Waals surface area contributed by atoms with Crippen molar-refractivity contribution in [2.75, 3.05) is 13.6 Å². The van der Waals surface area contributed by atoms with Gasteiger partial charge in [-0.1, -0.05) is 19.8 Å². The van der Waals surface area contributed by atoms with E-state index in [2.05, 4.69) is 12.2 Å². The predicted molar refractivity (Wildman–Crippen MR) is 40.0 cm³/mol. The van der Waals surface area contributed by atoms with Gasteiger partial charge in [-0.05, 0) is 13.0 Å². The van der Waals surface area contributed by atoms with E-state index < -0.39 is 5.97 Å². The lowest BCUT2D eigenvalue weighted by Crippen LogP contribution is -2.16. The van der Waals surface area contributed by atoms with Crippen LogP contribution in [0, 0.1) is 5.92 Å². The molecule has 0 spiro atoms. The van der Waals surface area contributed by atoms with Crippen molar-refractivity contribution in [1.29, 1.82) is 0 Å². The van der Waals surface area contributed by atoms with Crippen LogP contribution < -0.4 is 5.32 Å². The molecule has 1 aliphatic rings. The summed E-state index contributed by atoms with van der Waals surface area (Å²) in [6, 6.07) is 0. The molecule has 0 aliphatic heterocycles. The normalized spacial score (nSPS) is 15.4. The number of carboxylic acids is 1. The number of carboxylic acid groups (broad SMARTS) is 1. The van der Waals surface area contributed by atoms with Crippen molar-refractivity contribution in [2.45, 2.75) is 19.8 Å². The van der Waals surface area contributed by atoms with Gasteiger partial charge in [-0.2, -0.15) is 0 Å². The third-order valence-electron chi connectivity index (χ3n) is 1.19. The topological polar surface area (TPSA) is 49.3 Å². The molecule has 0 aromatic rings. The molecule has 1 saturated carbocycles. The minimum atomic E-state index is -0.822. The average Bonchev–Trinajstić information content (AvgIpc) is 2.52. The van der Waals surface area contributed by atoms with Crippen LogP contribution in [0.5, 0.6) is 0 Å². The van der Waals surface area contributed by atoms with Crippen LogP contribution in [0.3, 0.4) is 0 Å². The Morgan fingerprint density at radius 3 is 2.10 bits per heavy atom. The number of nitrogens with one attached hydrogen (secondary N) is 1. The first-order chi connectivity index (χ1) is 4.66. The van der Waals surface area contributed by atoms with Gasteiger partial charge in [0.15, 0.2) is 0 Å². The summed E-state index contributed by atoms with van der Waals surface area (Å²) in [6.07, 6.45) is 2.97. The lowest BCUT2D eigenvalue weighted by molar-refractivity contribution is -0.135. The van der Waals surface area contributed by atoms with E-state index in [0.29, 0.717) is 0 Å². The Kier molecular flexibility index (Phi) is 4.94. The summed E-state index contributed by atoms with van der Waals surface area (Å²) in [4.78, 5) is 9.54. The van der Waals surface area contributed by atoms with Gasteiger partial charge < -0.3 is 10.4 Å². The third-order valence-corrected chi connectivity index (χ3v) is 1.19. The molecular formula is C7H15NO2. The molecule has 3 heteroatoms. The highest BCUT2D eigenvalue weighted by atomic mass is 16.4. The fourth-order valence-electron chi connectivity index (χ4n) is 0.318. The smallest absolute Gasteiger partial charge is 0.317 e. The van der Waals surface area contributed by atoms with Crippen LogP contribution in [0.2, 0.25) is 0 Å². The molecule has 0 aromatic carbocycles. The molecule has 0 atom stereocenters. The zero-order valence-corrected chi connectivity index (χ0v) is 6.55. The summed E-state index contributed by atoms with van der Waals surface area (Å²) in [5, 5.41) is 10.3.